The number of fused-ring (bicyclic) bond motifs is 1. The van der Waals surface area contributed by atoms with Crippen molar-refractivity contribution < 1.29 is 4.74 Å². The molecule has 0 aromatic carbocycles. The summed E-state index contributed by atoms with van der Waals surface area (Å²) in [5, 5.41) is 7.53. The smallest absolute Gasteiger partial charge is 0.229 e. The van der Waals surface area contributed by atoms with E-state index < -0.39 is 0 Å². The van der Waals surface area contributed by atoms with Gasteiger partial charge in [0.15, 0.2) is 0 Å². The first kappa shape index (κ1) is 23.3. The molecule has 6 rings (SSSR count). The Hall–Kier alpha value is -4.09. The van der Waals surface area contributed by atoms with Crippen LogP contribution >= 0.6 is 0 Å². The molecule has 4 aromatic rings. The summed E-state index contributed by atoms with van der Waals surface area (Å²) in [5.74, 6) is 2.79. The molecule has 2 aliphatic heterocycles. The highest BCUT2D eigenvalue weighted by atomic mass is 16.5. The van der Waals surface area contributed by atoms with Gasteiger partial charge >= 0.3 is 0 Å². The summed E-state index contributed by atoms with van der Waals surface area (Å²) in [5.41, 5.74) is 2.72. The predicted octanol–water partition coefficient (Wildman–Crippen LogP) is 2.89. The fraction of sp³-hybridized carbons (Fsp3) is 0.346. The van der Waals surface area contributed by atoms with Crippen molar-refractivity contribution in [3.63, 3.8) is 0 Å². The minimum absolute atomic E-state index is 0.505. The normalized spacial score (nSPS) is 16.7. The molecule has 4 aromatic heterocycles. The van der Waals surface area contributed by atoms with Crippen molar-refractivity contribution >= 4 is 45.7 Å². The molecule has 2 aliphatic rings. The summed E-state index contributed by atoms with van der Waals surface area (Å²) in [4.78, 5) is 30.0. The molecule has 6 heterocycles. The molecule has 11 heteroatoms. The van der Waals surface area contributed by atoms with Crippen molar-refractivity contribution in [1.82, 2.24) is 29.8 Å². The maximum Gasteiger partial charge on any atom is 0.229 e. The molecule has 0 bridgehead atoms. The quantitative estimate of drug-likeness (QED) is 0.410. The van der Waals surface area contributed by atoms with Crippen LogP contribution in [0, 0.1) is 0 Å². The number of rotatable bonds is 6. The number of ether oxygens (including phenoxy) is 1. The van der Waals surface area contributed by atoms with Gasteiger partial charge in [0, 0.05) is 50.9 Å². The van der Waals surface area contributed by atoms with Crippen molar-refractivity contribution in [2.24, 2.45) is 0 Å². The van der Waals surface area contributed by atoms with E-state index >= 15 is 0 Å². The number of nitrogens with one attached hydrogen (secondary N) is 2. The van der Waals surface area contributed by atoms with Crippen LogP contribution in [0.5, 0.6) is 0 Å². The topological polar surface area (TPSA) is 107 Å². The molecule has 0 aliphatic carbocycles. The Bertz CT molecular complexity index is 1340. The van der Waals surface area contributed by atoms with Gasteiger partial charge < -0.3 is 30.1 Å². The Morgan fingerprint density at radius 1 is 0.811 bits per heavy atom. The summed E-state index contributed by atoms with van der Waals surface area (Å²) >= 11 is 0. The lowest BCUT2D eigenvalue weighted by Crippen LogP contribution is -2.44. The summed E-state index contributed by atoms with van der Waals surface area (Å²) in [7, 11) is 2.16. The van der Waals surface area contributed by atoms with Crippen molar-refractivity contribution in [3.8, 4) is 0 Å². The largest absolute Gasteiger partial charge is 0.378 e. The third-order valence-corrected chi connectivity index (χ3v) is 6.66. The van der Waals surface area contributed by atoms with Gasteiger partial charge in [0.25, 0.3) is 0 Å². The van der Waals surface area contributed by atoms with E-state index in [9.17, 15) is 0 Å². The number of likely N-dealkylation sites (N-methyl/N-ethyl adjacent to an activating group) is 1. The average Bonchev–Trinajstić information content (AvgIpc) is 2.95. The number of pyridine rings is 3. The molecule has 0 unspecified atom stereocenters. The number of anilines is 6. The molecule has 190 valence electrons. The van der Waals surface area contributed by atoms with Crippen LogP contribution < -0.4 is 20.4 Å². The number of morpholine rings is 1. The second kappa shape index (κ2) is 10.5. The van der Waals surface area contributed by atoms with Crippen LogP contribution in [0.15, 0.2) is 55.1 Å². The summed E-state index contributed by atoms with van der Waals surface area (Å²) in [6.07, 6.45) is 7.18. The van der Waals surface area contributed by atoms with E-state index in [1.807, 2.05) is 30.5 Å². The zero-order valence-corrected chi connectivity index (χ0v) is 20.8. The summed E-state index contributed by atoms with van der Waals surface area (Å²) in [6.45, 7) is 7.01. The first-order valence-electron chi connectivity index (χ1n) is 12.6. The van der Waals surface area contributed by atoms with Crippen molar-refractivity contribution in [2.75, 3.05) is 80.0 Å². The predicted molar refractivity (Wildman–Crippen MR) is 145 cm³/mol. The Balaban J connectivity index is 1.27. The van der Waals surface area contributed by atoms with E-state index in [0.29, 0.717) is 25.0 Å². The molecule has 37 heavy (non-hydrogen) atoms. The highest BCUT2D eigenvalue weighted by Gasteiger charge is 2.19. The lowest BCUT2D eigenvalue weighted by molar-refractivity contribution is 0.122. The zero-order valence-electron chi connectivity index (χ0n) is 20.8. The second-order valence-corrected chi connectivity index (χ2v) is 9.24. The van der Waals surface area contributed by atoms with E-state index in [1.54, 1.807) is 18.6 Å². The van der Waals surface area contributed by atoms with Crippen LogP contribution in [0.1, 0.15) is 0 Å². The highest BCUT2D eigenvalue weighted by molar-refractivity contribution is 5.92. The van der Waals surface area contributed by atoms with E-state index in [1.165, 1.54) is 0 Å². The van der Waals surface area contributed by atoms with Crippen molar-refractivity contribution in [1.29, 1.82) is 0 Å². The molecular weight excluding hydrogens is 468 g/mol. The third-order valence-electron chi connectivity index (χ3n) is 6.66. The second-order valence-electron chi connectivity index (χ2n) is 9.24. The Kier molecular flexibility index (Phi) is 6.61. The van der Waals surface area contributed by atoms with Crippen LogP contribution in [0.3, 0.4) is 0 Å². The van der Waals surface area contributed by atoms with Gasteiger partial charge in [0.1, 0.15) is 17.5 Å². The van der Waals surface area contributed by atoms with Crippen LogP contribution in [0.4, 0.5) is 34.8 Å². The van der Waals surface area contributed by atoms with Gasteiger partial charge in [-0.25, -0.2) is 15.0 Å². The Labute approximate surface area is 215 Å². The minimum atomic E-state index is 0.505. The lowest BCUT2D eigenvalue weighted by atomic mass is 10.2. The molecule has 0 spiro atoms. The molecule has 0 saturated carbocycles. The van der Waals surface area contributed by atoms with E-state index in [4.69, 9.17) is 14.7 Å². The molecule has 0 atom stereocenters. The van der Waals surface area contributed by atoms with Gasteiger partial charge in [-0.2, -0.15) is 4.98 Å². The fourth-order valence-electron chi connectivity index (χ4n) is 4.57. The minimum Gasteiger partial charge on any atom is -0.378 e. The van der Waals surface area contributed by atoms with Crippen molar-refractivity contribution in [3.05, 3.63) is 55.1 Å². The SMILES string of the molecule is CN1CCN(c2ccc(Nc3cc4c(N5CCOCC5)nc(Nc5cccnc5)nc4cn3)nc2)CC1. The van der Waals surface area contributed by atoms with Crippen LogP contribution in [-0.4, -0.2) is 89.3 Å². The van der Waals surface area contributed by atoms with Gasteiger partial charge in [-0.15, -0.1) is 0 Å². The summed E-state index contributed by atoms with van der Waals surface area (Å²) in [6, 6.07) is 9.91. The van der Waals surface area contributed by atoms with Gasteiger partial charge in [0.2, 0.25) is 5.95 Å². The lowest BCUT2D eigenvalue weighted by Gasteiger charge is -2.33. The number of hydrogen-bond acceptors (Lipinski definition) is 11. The first-order chi connectivity index (χ1) is 18.2. The molecule has 2 N–H and O–H groups in total. The fourth-order valence-corrected chi connectivity index (χ4v) is 4.57. The number of hydrogen-bond donors (Lipinski definition) is 2. The monoisotopic (exact) mass is 498 g/mol. The molecule has 2 saturated heterocycles. The molecule has 2 fully saturated rings. The molecule has 0 radical (unpaired) electrons. The van der Waals surface area contributed by atoms with E-state index in [2.05, 4.69) is 53.4 Å². The van der Waals surface area contributed by atoms with Crippen molar-refractivity contribution in [2.45, 2.75) is 0 Å². The van der Waals surface area contributed by atoms with Gasteiger partial charge in [-0.1, -0.05) is 0 Å². The zero-order chi connectivity index (χ0) is 25.0. The maximum atomic E-state index is 5.57. The van der Waals surface area contributed by atoms with Gasteiger partial charge in [-0.3, -0.25) is 4.98 Å². The standard InChI is InChI=1S/C26H30N10O/c1-34-7-9-35(10-8-34)20-4-5-23(28-17-20)32-24-15-21-22(18-29-24)31-26(30-19-3-2-6-27-16-19)33-25(21)36-11-13-37-14-12-36/h2-6,15-18H,7-14H2,1H3,(H,28,29,32)(H,30,31,33). The van der Waals surface area contributed by atoms with E-state index in [0.717, 1.165) is 73.2 Å². The van der Waals surface area contributed by atoms with Crippen LogP contribution in [-0.2, 0) is 4.74 Å². The van der Waals surface area contributed by atoms with Gasteiger partial charge in [0.05, 0.1) is 48.7 Å². The number of piperazine rings is 1. The summed E-state index contributed by atoms with van der Waals surface area (Å²) < 4.78 is 5.57. The van der Waals surface area contributed by atoms with Gasteiger partial charge in [-0.05, 0) is 37.4 Å². The average molecular weight is 499 g/mol. The van der Waals surface area contributed by atoms with E-state index in [-0.39, 0.29) is 0 Å². The number of aromatic nitrogens is 5. The first-order valence-corrected chi connectivity index (χ1v) is 12.6. The molecular formula is C26H30N10O. The third kappa shape index (κ3) is 5.37. The Morgan fingerprint density at radius 2 is 1.65 bits per heavy atom. The molecule has 0 amide bonds. The highest BCUT2D eigenvalue weighted by Crippen LogP contribution is 2.29. The Morgan fingerprint density at radius 3 is 2.41 bits per heavy atom. The maximum absolute atomic E-state index is 5.57. The number of nitrogens with zero attached hydrogens (tertiary/aromatic N) is 8. The van der Waals surface area contributed by atoms with Crippen LogP contribution in [0.2, 0.25) is 0 Å². The molecule has 11 nitrogen and oxygen atoms in total. The van der Waals surface area contributed by atoms with Crippen LogP contribution in [0.25, 0.3) is 10.9 Å².